The molecule has 1 aliphatic rings. The van der Waals surface area contributed by atoms with Gasteiger partial charge in [-0.1, -0.05) is 54.1 Å². The third-order valence-corrected chi connectivity index (χ3v) is 8.90. The van der Waals surface area contributed by atoms with Crippen molar-refractivity contribution in [1.82, 2.24) is 4.90 Å². The molecule has 1 aliphatic heterocycles. The predicted octanol–water partition coefficient (Wildman–Crippen LogP) is 6.38. The Balaban J connectivity index is 1.22. The van der Waals surface area contributed by atoms with Crippen molar-refractivity contribution in [2.45, 2.75) is 31.3 Å². The molecule has 0 unspecified atom stereocenters. The van der Waals surface area contributed by atoms with E-state index in [2.05, 4.69) is 27.7 Å². The maximum Gasteiger partial charge on any atom is 0.341 e. The van der Waals surface area contributed by atoms with Crippen molar-refractivity contribution in [1.29, 1.82) is 0 Å². The van der Waals surface area contributed by atoms with Crippen molar-refractivity contribution in [2.75, 3.05) is 30.0 Å². The van der Waals surface area contributed by atoms with Crippen LogP contribution in [0.25, 0.3) is 0 Å². The average molecular weight is 586 g/mol. The maximum atomic E-state index is 13.0. The number of methoxy groups -OCH3 is 1. The first kappa shape index (κ1) is 28.6. The van der Waals surface area contributed by atoms with E-state index < -0.39 is 5.97 Å². The Hall–Kier alpha value is -3.92. The van der Waals surface area contributed by atoms with Crippen LogP contribution in [-0.4, -0.2) is 42.1 Å². The number of amides is 2. The number of aryl methyl sites for hydroxylation is 1. The smallest absolute Gasteiger partial charge is 0.341 e. The second-order valence-electron chi connectivity index (χ2n) is 9.83. The number of benzene rings is 3. The molecule has 0 fully saturated rings. The summed E-state index contributed by atoms with van der Waals surface area (Å²) in [5, 5.41) is 6.42. The van der Waals surface area contributed by atoms with Crippen molar-refractivity contribution >= 4 is 51.6 Å². The third-order valence-electron chi connectivity index (χ3n) is 6.77. The van der Waals surface area contributed by atoms with Gasteiger partial charge in [-0.3, -0.25) is 14.5 Å². The third kappa shape index (κ3) is 7.24. The number of hydrogen-bond donors (Lipinski definition) is 2. The molecule has 2 amide bonds. The topological polar surface area (TPSA) is 87.7 Å². The summed E-state index contributed by atoms with van der Waals surface area (Å²) in [6, 6.07) is 25.1. The molecule has 0 saturated heterocycles. The van der Waals surface area contributed by atoms with Gasteiger partial charge in [-0.2, -0.15) is 0 Å². The van der Waals surface area contributed by atoms with E-state index in [1.54, 1.807) is 6.07 Å². The highest BCUT2D eigenvalue weighted by molar-refractivity contribution is 8.00. The lowest BCUT2D eigenvalue weighted by molar-refractivity contribution is -0.113. The fraction of sp³-hybridized carbons (Fsp3) is 0.219. The number of carbonyl (C=O) groups excluding carboxylic acids is 3. The van der Waals surface area contributed by atoms with Crippen LogP contribution in [0.5, 0.6) is 0 Å². The number of hydrogen-bond acceptors (Lipinski definition) is 7. The van der Waals surface area contributed by atoms with Gasteiger partial charge >= 0.3 is 5.97 Å². The maximum absolute atomic E-state index is 13.0. The standard InChI is InChI=1S/C32H31N3O4S2/c1-21-8-6-11-23(16-21)30(37)33-24-12-7-13-25(17-24)40-20-28(36)34-31-29(32(38)39-2)26-14-15-35(19-27(26)41-31)18-22-9-4-3-5-10-22/h3-13,16-17H,14-15,18-20H2,1-2H3,(H,33,37)(H,34,36). The first-order valence-corrected chi connectivity index (χ1v) is 15.1. The van der Waals surface area contributed by atoms with Gasteiger partial charge in [-0.05, 0) is 54.8 Å². The lowest BCUT2D eigenvalue weighted by atomic mass is 10.0. The Labute approximate surface area is 247 Å². The minimum atomic E-state index is -0.431. The van der Waals surface area contributed by atoms with E-state index in [0.717, 1.165) is 40.4 Å². The highest BCUT2D eigenvalue weighted by Crippen LogP contribution is 2.38. The number of thioether (sulfide) groups is 1. The van der Waals surface area contributed by atoms with Crippen molar-refractivity contribution in [2.24, 2.45) is 0 Å². The van der Waals surface area contributed by atoms with Crippen molar-refractivity contribution in [3.63, 3.8) is 0 Å². The largest absolute Gasteiger partial charge is 0.465 e. The molecule has 0 radical (unpaired) electrons. The Morgan fingerprint density at radius 2 is 1.78 bits per heavy atom. The zero-order valence-corrected chi connectivity index (χ0v) is 24.6. The molecule has 2 heterocycles. The minimum absolute atomic E-state index is 0.151. The van der Waals surface area contributed by atoms with Gasteiger partial charge in [0, 0.05) is 40.7 Å². The summed E-state index contributed by atoms with van der Waals surface area (Å²) in [6.07, 6.45) is 0.717. The zero-order chi connectivity index (χ0) is 28.8. The molecular formula is C32H31N3O4S2. The molecule has 41 heavy (non-hydrogen) atoms. The summed E-state index contributed by atoms with van der Waals surface area (Å²) < 4.78 is 5.08. The van der Waals surface area contributed by atoms with Gasteiger partial charge in [0.1, 0.15) is 5.00 Å². The van der Waals surface area contributed by atoms with Crippen LogP contribution in [-0.2, 0) is 29.0 Å². The number of carbonyl (C=O) groups is 3. The molecule has 0 bridgehead atoms. The second kappa shape index (κ2) is 13.2. The summed E-state index contributed by atoms with van der Waals surface area (Å²) in [5.41, 5.74) is 4.92. The zero-order valence-electron chi connectivity index (χ0n) is 22.9. The van der Waals surface area contributed by atoms with Gasteiger partial charge in [0.2, 0.25) is 5.91 Å². The summed E-state index contributed by atoms with van der Waals surface area (Å²) in [7, 11) is 1.36. The van der Waals surface area contributed by atoms with Crippen LogP contribution in [0.3, 0.4) is 0 Å². The molecule has 3 aromatic carbocycles. The molecule has 1 aromatic heterocycles. The van der Waals surface area contributed by atoms with Gasteiger partial charge in [-0.25, -0.2) is 4.79 Å². The monoisotopic (exact) mass is 585 g/mol. The number of esters is 1. The van der Waals surface area contributed by atoms with E-state index in [-0.39, 0.29) is 17.6 Å². The molecule has 4 aromatic rings. The van der Waals surface area contributed by atoms with Gasteiger partial charge in [0.05, 0.1) is 18.4 Å². The number of anilines is 2. The summed E-state index contributed by atoms with van der Waals surface area (Å²) >= 11 is 2.81. The second-order valence-corrected chi connectivity index (χ2v) is 12.0. The van der Waals surface area contributed by atoms with Crippen LogP contribution < -0.4 is 10.6 Å². The van der Waals surface area contributed by atoms with Crippen molar-refractivity contribution in [3.8, 4) is 0 Å². The molecule has 210 valence electrons. The van der Waals surface area contributed by atoms with Crippen LogP contribution in [0.4, 0.5) is 10.7 Å². The first-order chi connectivity index (χ1) is 19.9. The van der Waals surface area contributed by atoms with E-state index in [0.29, 0.717) is 28.4 Å². The van der Waals surface area contributed by atoms with Crippen LogP contribution in [0.15, 0.2) is 83.8 Å². The summed E-state index contributed by atoms with van der Waals surface area (Å²) in [6.45, 7) is 4.31. The number of fused-ring (bicyclic) bond motifs is 1. The molecule has 7 nitrogen and oxygen atoms in total. The lowest BCUT2D eigenvalue weighted by Gasteiger charge is -2.27. The van der Waals surface area contributed by atoms with E-state index in [1.165, 1.54) is 35.8 Å². The molecule has 0 spiro atoms. The minimum Gasteiger partial charge on any atom is -0.465 e. The van der Waals surface area contributed by atoms with E-state index in [4.69, 9.17) is 4.74 Å². The summed E-state index contributed by atoms with van der Waals surface area (Å²) in [4.78, 5) is 42.6. The number of thiophene rings is 1. The number of nitrogens with one attached hydrogen (secondary N) is 2. The average Bonchev–Trinajstić information content (AvgIpc) is 3.33. The fourth-order valence-corrected chi connectivity index (χ4v) is 6.85. The SMILES string of the molecule is COC(=O)c1c(NC(=O)CSc2cccc(NC(=O)c3cccc(C)c3)c2)sc2c1CCN(Cc1ccccc1)C2. The van der Waals surface area contributed by atoms with Gasteiger partial charge in [0.15, 0.2) is 0 Å². The van der Waals surface area contributed by atoms with Gasteiger partial charge < -0.3 is 15.4 Å². The Morgan fingerprint density at radius 1 is 0.976 bits per heavy atom. The lowest BCUT2D eigenvalue weighted by Crippen LogP contribution is -2.29. The fourth-order valence-electron chi connectivity index (χ4n) is 4.80. The molecule has 0 atom stereocenters. The summed E-state index contributed by atoms with van der Waals surface area (Å²) in [5.74, 6) is -0.681. The molecular weight excluding hydrogens is 555 g/mol. The molecule has 9 heteroatoms. The van der Waals surface area contributed by atoms with Crippen LogP contribution in [0.1, 0.15) is 42.3 Å². The van der Waals surface area contributed by atoms with Crippen LogP contribution in [0.2, 0.25) is 0 Å². The molecule has 0 saturated carbocycles. The van der Waals surface area contributed by atoms with Gasteiger partial charge in [-0.15, -0.1) is 23.1 Å². The molecule has 2 N–H and O–H groups in total. The highest BCUT2D eigenvalue weighted by atomic mass is 32.2. The molecule has 5 rings (SSSR count). The Bertz CT molecular complexity index is 1570. The number of ether oxygens (including phenoxy) is 1. The Kier molecular flexibility index (Phi) is 9.18. The quantitative estimate of drug-likeness (QED) is 0.175. The normalized spacial score (nSPS) is 12.8. The van der Waals surface area contributed by atoms with E-state index >= 15 is 0 Å². The first-order valence-electron chi connectivity index (χ1n) is 13.3. The number of rotatable bonds is 9. The van der Waals surface area contributed by atoms with Crippen molar-refractivity contribution in [3.05, 3.63) is 112 Å². The van der Waals surface area contributed by atoms with Crippen LogP contribution in [0, 0.1) is 6.92 Å². The number of nitrogens with zero attached hydrogens (tertiary/aromatic N) is 1. The van der Waals surface area contributed by atoms with Crippen LogP contribution >= 0.6 is 23.1 Å². The van der Waals surface area contributed by atoms with Crippen molar-refractivity contribution < 1.29 is 19.1 Å². The van der Waals surface area contributed by atoms with E-state index in [1.807, 2.05) is 67.6 Å². The van der Waals surface area contributed by atoms with E-state index in [9.17, 15) is 14.4 Å². The predicted molar refractivity (Wildman–Crippen MR) is 165 cm³/mol. The van der Waals surface area contributed by atoms with Gasteiger partial charge in [0.25, 0.3) is 5.91 Å². The Morgan fingerprint density at radius 3 is 2.56 bits per heavy atom. The molecule has 0 aliphatic carbocycles. The highest BCUT2D eigenvalue weighted by Gasteiger charge is 2.29.